The molecule has 1 saturated carbocycles. The third kappa shape index (κ3) is 3.72. The van der Waals surface area contributed by atoms with Crippen molar-refractivity contribution < 1.29 is 5.11 Å². The highest BCUT2D eigenvalue weighted by Gasteiger charge is 2.36. The van der Waals surface area contributed by atoms with E-state index in [4.69, 9.17) is 4.98 Å². The van der Waals surface area contributed by atoms with Gasteiger partial charge in [0.05, 0.1) is 10.7 Å². The van der Waals surface area contributed by atoms with Crippen molar-refractivity contribution in [3.05, 3.63) is 16.1 Å². The standard InChI is InChI=1S/C18H30N2OS/c1-2-8-18(14-21)9-10-20(13-18)11-16-12-22-17(19-16)15-6-4-3-5-7-15/h12,15,21H,2-11,13-14H2,1H3. The van der Waals surface area contributed by atoms with Crippen molar-refractivity contribution in [2.24, 2.45) is 5.41 Å². The van der Waals surface area contributed by atoms with Gasteiger partial charge in [-0.25, -0.2) is 4.98 Å². The summed E-state index contributed by atoms with van der Waals surface area (Å²) in [6, 6.07) is 0. The molecule has 2 heterocycles. The maximum atomic E-state index is 9.77. The molecule has 2 fully saturated rings. The second-order valence-corrected chi connectivity index (χ2v) is 8.27. The third-order valence-electron chi connectivity index (χ3n) is 5.54. The van der Waals surface area contributed by atoms with E-state index >= 15 is 0 Å². The molecule has 1 atom stereocenters. The van der Waals surface area contributed by atoms with Crippen molar-refractivity contribution in [2.75, 3.05) is 19.7 Å². The first kappa shape index (κ1) is 16.4. The van der Waals surface area contributed by atoms with Crippen LogP contribution in [0.2, 0.25) is 0 Å². The van der Waals surface area contributed by atoms with E-state index in [9.17, 15) is 5.11 Å². The van der Waals surface area contributed by atoms with E-state index in [2.05, 4.69) is 17.2 Å². The average Bonchev–Trinajstić information content (AvgIpc) is 3.17. The molecular weight excluding hydrogens is 292 g/mol. The number of thiazole rings is 1. The van der Waals surface area contributed by atoms with Gasteiger partial charge in [-0.2, -0.15) is 0 Å². The maximum Gasteiger partial charge on any atom is 0.0959 e. The Morgan fingerprint density at radius 3 is 2.91 bits per heavy atom. The van der Waals surface area contributed by atoms with Gasteiger partial charge < -0.3 is 5.11 Å². The van der Waals surface area contributed by atoms with Crippen molar-refractivity contribution in [2.45, 2.75) is 70.8 Å². The van der Waals surface area contributed by atoms with Crippen molar-refractivity contribution in [3.63, 3.8) is 0 Å². The quantitative estimate of drug-likeness (QED) is 0.853. The van der Waals surface area contributed by atoms with Crippen molar-refractivity contribution in [1.82, 2.24) is 9.88 Å². The zero-order chi connectivity index (χ0) is 15.4. The number of hydrogen-bond acceptors (Lipinski definition) is 4. The molecule has 1 aliphatic heterocycles. The molecule has 4 heteroatoms. The van der Waals surface area contributed by atoms with Gasteiger partial charge in [-0.05, 0) is 32.2 Å². The Kier molecular flexibility index (Phi) is 5.53. The number of nitrogens with zero attached hydrogens (tertiary/aromatic N) is 2. The van der Waals surface area contributed by atoms with Crippen LogP contribution in [0.25, 0.3) is 0 Å². The summed E-state index contributed by atoms with van der Waals surface area (Å²) in [5.41, 5.74) is 1.40. The SMILES string of the molecule is CCCC1(CO)CCN(Cc2csc(C3CCCCC3)n2)C1. The molecule has 1 aromatic heterocycles. The van der Waals surface area contributed by atoms with Crippen LogP contribution in [0, 0.1) is 5.41 Å². The molecule has 0 bridgehead atoms. The van der Waals surface area contributed by atoms with E-state index in [1.54, 1.807) is 0 Å². The van der Waals surface area contributed by atoms with Gasteiger partial charge >= 0.3 is 0 Å². The lowest BCUT2D eigenvalue weighted by Crippen LogP contribution is -2.30. The molecule has 3 nitrogen and oxygen atoms in total. The minimum absolute atomic E-state index is 0.150. The lowest BCUT2D eigenvalue weighted by atomic mass is 9.83. The van der Waals surface area contributed by atoms with Crippen LogP contribution in [0.3, 0.4) is 0 Å². The molecule has 0 aromatic carbocycles. The molecule has 1 aromatic rings. The van der Waals surface area contributed by atoms with E-state index in [-0.39, 0.29) is 5.41 Å². The predicted octanol–water partition coefficient (Wildman–Crippen LogP) is 4.18. The molecule has 124 valence electrons. The highest BCUT2D eigenvalue weighted by atomic mass is 32.1. The van der Waals surface area contributed by atoms with Crippen LogP contribution in [0.4, 0.5) is 0 Å². The minimum atomic E-state index is 0.150. The molecule has 1 aliphatic carbocycles. The van der Waals surface area contributed by atoms with Crippen molar-refractivity contribution >= 4 is 11.3 Å². The molecule has 0 amide bonds. The molecular formula is C18H30N2OS. The topological polar surface area (TPSA) is 36.4 Å². The number of aromatic nitrogens is 1. The average molecular weight is 323 g/mol. The minimum Gasteiger partial charge on any atom is -0.396 e. The predicted molar refractivity (Wildman–Crippen MR) is 92.3 cm³/mol. The highest BCUT2D eigenvalue weighted by Crippen LogP contribution is 2.37. The second-order valence-electron chi connectivity index (χ2n) is 7.38. The Morgan fingerprint density at radius 1 is 1.36 bits per heavy atom. The van der Waals surface area contributed by atoms with Crippen LogP contribution in [-0.2, 0) is 6.54 Å². The summed E-state index contributed by atoms with van der Waals surface area (Å²) < 4.78 is 0. The Bertz CT molecular complexity index is 469. The lowest BCUT2D eigenvalue weighted by Gasteiger charge is -2.26. The Balaban J connectivity index is 1.56. The lowest BCUT2D eigenvalue weighted by molar-refractivity contribution is 0.117. The van der Waals surface area contributed by atoms with E-state index in [1.807, 2.05) is 11.3 Å². The second kappa shape index (κ2) is 7.41. The monoisotopic (exact) mass is 322 g/mol. The fraction of sp³-hybridized carbons (Fsp3) is 0.833. The first-order chi connectivity index (χ1) is 10.7. The van der Waals surface area contributed by atoms with Gasteiger partial charge in [0.25, 0.3) is 0 Å². The van der Waals surface area contributed by atoms with Gasteiger partial charge in [0.15, 0.2) is 0 Å². The fourth-order valence-electron chi connectivity index (χ4n) is 4.27. The molecule has 1 saturated heterocycles. The van der Waals surface area contributed by atoms with Gasteiger partial charge in [-0.3, -0.25) is 4.90 Å². The molecule has 0 radical (unpaired) electrons. The number of aliphatic hydroxyl groups excluding tert-OH is 1. The summed E-state index contributed by atoms with van der Waals surface area (Å²) >= 11 is 1.87. The number of rotatable bonds is 6. The zero-order valence-corrected chi connectivity index (χ0v) is 14.7. The molecule has 3 rings (SSSR count). The van der Waals surface area contributed by atoms with Crippen LogP contribution in [0.5, 0.6) is 0 Å². The summed E-state index contributed by atoms with van der Waals surface area (Å²) in [5.74, 6) is 0.725. The Labute approximate surface area is 138 Å². The van der Waals surface area contributed by atoms with Gasteiger partial charge in [0.1, 0.15) is 0 Å². The molecule has 2 aliphatic rings. The zero-order valence-electron chi connectivity index (χ0n) is 13.9. The highest BCUT2D eigenvalue weighted by molar-refractivity contribution is 7.09. The molecule has 1 unspecified atom stereocenters. The first-order valence-corrected chi connectivity index (χ1v) is 9.90. The van der Waals surface area contributed by atoms with Crippen molar-refractivity contribution in [3.8, 4) is 0 Å². The molecule has 1 N–H and O–H groups in total. The van der Waals surface area contributed by atoms with E-state index in [0.29, 0.717) is 6.61 Å². The Morgan fingerprint density at radius 2 is 2.18 bits per heavy atom. The van der Waals surface area contributed by atoms with Gasteiger partial charge in [0.2, 0.25) is 0 Å². The van der Waals surface area contributed by atoms with Gasteiger partial charge in [-0.1, -0.05) is 32.6 Å². The van der Waals surface area contributed by atoms with Crippen LogP contribution in [0.1, 0.15) is 74.9 Å². The van der Waals surface area contributed by atoms with Gasteiger partial charge in [-0.15, -0.1) is 11.3 Å². The molecule has 22 heavy (non-hydrogen) atoms. The molecule has 0 spiro atoms. The van der Waals surface area contributed by atoms with Crippen LogP contribution in [-0.4, -0.2) is 34.7 Å². The Hall–Kier alpha value is -0.450. The van der Waals surface area contributed by atoms with E-state index in [1.165, 1.54) is 42.8 Å². The maximum absolute atomic E-state index is 9.77. The number of hydrogen-bond donors (Lipinski definition) is 1. The van der Waals surface area contributed by atoms with Crippen LogP contribution in [0.15, 0.2) is 5.38 Å². The van der Waals surface area contributed by atoms with E-state index < -0.39 is 0 Å². The van der Waals surface area contributed by atoms with Crippen molar-refractivity contribution in [1.29, 1.82) is 0 Å². The normalized spacial score (nSPS) is 27.5. The number of likely N-dealkylation sites (tertiary alicyclic amines) is 1. The van der Waals surface area contributed by atoms with Crippen LogP contribution < -0.4 is 0 Å². The smallest absolute Gasteiger partial charge is 0.0959 e. The fourth-order valence-corrected chi connectivity index (χ4v) is 5.25. The third-order valence-corrected chi connectivity index (χ3v) is 6.60. The van der Waals surface area contributed by atoms with Gasteiger partial charge in [0, 0.05) is 36.4 Å². The summed E-state index contributed by atoms with van der Waals surface area (Å²) in [5, 5.41) is 13.4. The summed E-state index contributed by atoms with van der Waals surface area (Å²) in [6.07, 6.45) is 10.3. The first-order valence-electron chi connectivity index (χ1n) is 9.02. The largest absolute Gasteiger partial charge is 0.396 e. The summed E-state index contributed by atoms with van der Waals surface area (Å²) in [4.78, 5) is 7.42. The van der Waals surface area contributed by atoms with Crippen LogP contribution >= 0.6 is 11.3 Å². The summed E-state index contributed by atoms with van der Waals surface area (Å²) in [6.45, 7) is 5.66. The summed E-state index contributed by atoms with van der Waals surface area (Å²) in [7, 11) is 0. The number of aliphatic hydroxyl groups is 1. The van der Waals surface area contributed by atoms with E-state index in [0.717, 1.165) is 44.8 Å².